The minimum Gasteiger partial charge on any atom is -0.493 e. The summed E-state index contributed by atoms with van der Waals surface area (Å²) in [5, 5.41) is 21.7. The van der Waals surface area contributed by atoms with Gasteiger partial charge in [0, 0.05) is 44.0 Å². The number of hydrogen-bond donors (Lipinski definition) is 3. The normalized spacial score (nSPS) is 11.8. The Labute approximate surface area is 249 Å². The first kappa shape index (κ1) is 32.3. The number of aromatic carboxylic acids is 1. The highest BCUT2D eigenvalue weighted by Crippen LogP contribution is 2.24. The van der Waals surface area contributed by atoms with Crippen LogP contribution in [0.25, 0.3) is 6.08 Å². The number of nitrogens with zero attached hydrogens (tertiary/aromatic N) is 1. The van der Waals surface area contributed by atoms with Gasteiger partial charge in [-0.3, -0.25) is 4.79 Å². The SMILES string of the molecule is CN(C)c1ccc(NCCCCCOc2ccccc2C=CC(CCCCC(=O)O)Cc2ccc(C(=O)O)cc2)cc1. The van der Waals surface area contributed by atoms with Gasteiger partial charge >= 0.3 is 11.9 Å². The van der Waals surface area contributed by atoms with Gasteiger partial charge < -0.3 is 25.2 Å². The summed E-state index contributed by atoms with van der Waals surface area (Å²) in [6.45, 7) is 1.57. The molecule has 0 aromatic heterocycles. The minimum atomic E-state index is -0.939. The van der Waals surface area contributed by atoms with Gasteiger partial charge in [-0.1, -0.05) is 48.9 Å². The highest BCUT2D eigenvalue weighted by atomic mass is 16.5. The maximum Gasteiger partial charge on any atom is 0.335 e. The quantitative estimate of drug-likeness (QED) is 0.127. The Morgan fingerprint density at radius 3 is 2.31 bits per heavy atom. The van der Waals surface area contributed by atoms with Gasteiger partial charge in [-0.25, -0.2) is 4.79 Å². The molecule has 7 heteroatoms. The van der Waals surface area contributed by atoms with Gasteiger partial charge in [0.25, 0.3) is 0 Å². The number of carbonyl (C=O) groups is 2. The Balaban J connectivity index is 1.49. The van der Waals surface area contributed by atoms with Gasteiger partial charge in [-0.2, -0.15) is 0 Å². The van der Waals surface area contributed by atoms with E-state index in [0.29, 0.717) is 13.0 Å². The Morgan fingerprint density at radius 1 is 0.881 bits per heavy atom. The largest absolute Gasteiger partial charge is 0.493 e. The number of allylic oxidation sites excluding steroid dienone is 1. The van der Waals surface area contributed by atoms with Gasteiger partial charge in [0.1, 0.15) is 5.75 Å². The van der Waals surface area contributed by atoms with Crippen LogP contribution in [0.3, 0.4) is 0 Å². The zero-order chi connectivity index (χ0) is 30.2. The van der Waals surface area contributed by atoms with Crippen LogP contribution in [0.15, 0.2) is 78.9 Å². The highest BCUT2D eigenvalue weighted by molar-refractivity contribution is 5.87. The summed E-state index contributed by atoms with van der Waals surface area (Å²) < 4.78 is 6.15. The maximum absolute atomic E-state index is 11.2. The highest BCUT2D eigenvalue weighted by Gasteiger charge is 2.10. The summed E-state index contributed by atoms with van der Waals surface area (Å²) >= 11 is 0. The van der Waals surface area contributed by atoms with Gasteiger partial charge in [-0.05, 0) is 92.5 Å². The number of ether oxygens (including phenoxy) is 1. The van der Waals surface area contributed by atoms with E-state index in [2.05, 4.69) is 46.6 Å². The molecule has 0 aliphatic carbocycles. The van der Waals surface area contributed by atoms with Crippen molar-refractivity contribution in [3.05, 3.63) is 95.6 Å². The second-order valence-electron chi connectivity index (χ2n) is 10.8. The molecule has 0 spiro atoms. The fourth-order valence-electron chi connectivity index (χ4n) is 4.72. The van der Waals surface area contributed by atoms with Gasteiger partial charge in [0.2, 0.25) is 0 Å². The van der Waals surface area contributed by atoms with Gasteiger partial charge in [0.05, 0.1) is 12.2 Å². The molecule has 0 aliphatic heterocycles. The maximum atomic E-state index is 11.2. The van der Waals surface area contributed by atoms with E-state index in [-0.39, 0.29) is 17.9 Å². The first-order valence-corrected chi connectivity index (χ1v) is 14.8. The molecule has 0 amide bonds. The van der Waals surface area contributed by atoms with E-state index in [0.717, 1.165) is 67.6 Å². The Bertz CT molecular complexity index is 1270. The van der Waals surface area contributed by atoms with Crippen LogP contribution in [0.1, 0.15) is 66.4 Å². The fourth-order valence-corrected chi connectivity index (χ4v) is 4.72. The van der Waals surface area contributed by atoms with Crippen LogP contribution in [-0.2, 0) is 11.2 Å². The molecule has 0 bridgehead atoms. The van der Waals surface area contributed by atoms with Crippen LogP contribution in [-0.4, -0.2) is 49.4 Å². The van der Waals surface area contributed by atoms with Crippen LogP contribution in [0, 0.1) is 5.92 Å². The van der Waals surface area contributed by atoms with E-state index in [1.165, 1.54) is 5.69 Å². The number of carboxylic acids is 2. The van der Waals surface area contributed by atoms with E-state index < -0.39 is 11.9 Å². The van der Waals surface area contributed by atoms with Crippen LogP contribution in [0.2, 0.25) is 0 Å². The Hall–Kier alpha value is -4.26. The molecule has 1 atom stereocenters. The monoisotopic (exact) mass is 572 g/mol. The summed E-state index contributed by atoms with van der Waals surface area (Å²) in [6.07, 6.45) is 10.6. The number of carboxylic acid groups (broad SMARTS) is 2. The van der Waals surface area contributed by atoms with Crippen molar-refractivity contribution in [2.75, 3.05) is 37.5 Å². The van der Waals surface area contributed by atoms with Gasteiger partial charge in [0.15, 0.2) is 0 Å². The van der Waals surface area contributed by atoms with Crippen molar-refractivity contribution in [3.8, 4) is 5.75 Å². The number of aliphatic carboxylic acids is 1. The minimum absolute atomic E-state index is 0.167. The number of para-hydroxylation sites is 1. The van der Waals surface area contributed by atoms with E-state index in [1.54, 1.807) is 12.1 Å². The van der Waals surface area contributed by atoms with E-state index in [4.69, 9.17) is 9.84 Å². The average Bonchev–Trinajstić information content (AvgIpc) is 2.98. The number of anilines is 2. The van der Waals surface area contributed by atoms with E-state index in [1.807, 2.05) is 50.5 Å². The number of hydrogen-bond acceptors (Lipinski definition) is 5. The summed E-state index contributed by atoms with van der Waals surface area (Å²) in [4.78, 5) is 24.2. The molecule has 3 N–H and O–H groups in total. The Kier molecular flexibility index (Phi) is 13.5. The standard InChI is InChI=1S/C35H44N2O5/c1-37(2)32-22-20-31(21-23-32)36-24-8-3-9-25-42-33-12-6-5-11-29(33)17-14-27(10-4-7-13-34(38)39)26-28-15-18-30(19-16-28)35(40)41/h5-6,11-12,14-23,27,36H,3-4,7-10,13,24-26H2,1-2H3,(H,38,39)(H,40,41). The van der Waals surface area contributed by atoms with Crippen molar-refractivity contribution in [2.45, 2.75) is 51.4 Å². The summed E-state index contributed by atoms with van der Waals surface area (Å²) in [5.74, 6) is -0.674. The number of rotatable bonds is 19. The van der Waals surface area contributed by atoms with Gasteiger partial charge in [-0.15, -0.1) is 0 Å². The fraction of sp³-hybridized carbons (Fsp3) is 0.371. The molecule has 7 nitrogen and oxygen atoms in total. The molecule has 224 valence electrons. The van der Waals surface area contributed by atoms with E-state index in [9.17, 15) is 14.7 Å². The molecule has 0 heterocycles. The van der Waals surface area contributed by atoms with Crippen molar-refractivity contribution in [3.63, 3.8) is 0 Å². The third-order valence-corrected chi connectivity index (χ3v) is 7.17. The molecule has 0 saturated heterocycles. The third kappa shape index (κ3) is 11.7. The molecular formula is C35H44N2O5. The molecule has 1 unspecified atom stereocenters. The zero-order valence-electron chi connectivity index (χ0n) is 24.8. The molecule has 0 saturated carbocycles. The predicted octanol–water partition coefficient (Wildman–Crippen LogP) is 7.63. The molecular weight excluding hydrogens is 528 g/mol. The zero-order valence-corrected chi connectivity index (χ0v) is 24.8. The topological polar surface area (TPSA) is 99.1 Å². The predicted molar refractivity (Wildman–Crippen MR) is 171 cm³/mol. The van der Waals surface area contributed by atoms with Crippen LogP contribution < -0.4 is 15.0 Å². The lowest BCUT2D eigenvalue weighted by Gasteiger charge is -2.14. The molecule has 0 radical (unpaired) electrons. The summed E-state index contributed by atoms with van der Waals surface area (Å²) in [7, 11) is 4.08. The molecule has 0 fully saturated rings. The van der Waals surface area contributed by atoms with E-state index >= 15 is 0 Å². The number of nitrogens with one attached hydrogen (secondary N) is 1. The van der Waals surface area contributed by atoms with Crippen LogP contribution in [0.4, 0.5) is 11.4 Å². The first-order chi connectivity index (χ1) is 20.3. The second kappa shape index (κ2) is 17.5. The molecule has 3 rings (SSSR count). The number of benzene rings is 3. The Morgan fingerprint density at radius 2 is 1.62 bits per heavy atom. The molecule has 3 aromatic carbocycles. The number of unbranched alkanes of at least 4 members (excludes halogenated alkanes) is 3. The average molecular weight is 573 g/mol. The lowest BCUT2D eigenvalue weighted by atomic mass is 9.92. The van der Waals surface area contributed by atoms with Crippen LogP contribution >= 0.6 is 0 Å². The lowest BCUT2D eigenvalue weighted by Crippen LogP contribution is -2.08. The summed E-state index contributed by atoms with van der Waals surface area (Å²) in [6, 6.07) is 23.4. The van der Waals surface area contributed by atoms with Crippen molar-refractivity contribution in [1.29, 1.82) is 0 Å². The van der Waals surface area contributed by atoms with Crippen molar-refractivity contribution in [2.24, 2.45) is 5.92 Å². The van der Waals surface area contributed by atoms with Crippen molar-refractivity contribution >= 4 is 29.4 Å². The summed E-state index contributed by atoms with van der Waals surface area (Å²) in [5.41, 5.74) is 4.65. The first-order valence-electron chi connectivity index (χ1n) is 14.8. The smallest absolute Gasteiger partial charge is 0.335 e. The van der Waals surface area contributed by atoms with Crippen molar-refractivity contribution < 1.29 is 24.5 Å². The molecule has 3 aromatic rings. The van der Waals surface area contributed by atoms with Crippen LogP contribution in [0.5, 0.6) is 5.75 Å². The lowest BCUT2D eigenvalue weighted by molar-refractivity contribution is -0.137. The second-order valence-corrected chi connectivity index (χ2v) is 10.8. The third-order valence-electron chi connectivity index (χ3n) is 7.17. The molecule has 0 aliphatic rings. The molecule has 42 heavy (non-hydrogen) atoms. The van der Waals surface area contributed by atoms with Crippen molar-refractivity contribution in [1.82, 2.24) is 0 Å².